The second-order valence-electron chi connectivity index (χ2n) is 4.29. The van der Waals surface area contributed by atoms with Crippen molar-refractivity contribution in [1.29, 1.82) is 0 Å². The minimum Gasteiger partial charge on any atom is -0.481 e. The van der Waals surface area contributed by atoms with E-state index in [-0.39, 0.29) is 12.5 Å². The summed E-state index contributed by atoms with van der Waals surface area (Å²) in [4.78, 5) is 10.8. The van der Waals surface area contributed by atoms with Gasteiger partial charge in [0.05, 0.1) is 5.92 Å². The van der Waals surface area contributed by atoms with Crippen molar-refractivity contribution in [2.75, 3.05) is 6.61 Å². The highest BCUT2D eigenvalue weighted by Crippen LogP contribution is 2.17. The van der Waals surface area contributed by atoms with Crippen LogP contribution in [0.15, 0.2) is 24.3 Å². The van der Waals surface area contributed by atoms with Gasteiger partial charge in [-0.25, -0.2) is 0 Å². The zero-order valence-electron chi connectivity index (χ0n) is 9.68. The van der Waals surface area contributed by atoms with Crippen LogP contribution < -0.4 is 0 Å². The lowest BCUT2D eigenvalue weighted by atomic mass is 9.96. The highest BCUT2D eigenvalue weighted by Gasteiger charge is 2.13. The Labute approximate surface area is 95.7 Å². The third-order valence-corrected chi connectivity index (χ3v) is 2.75. The number of aliphatic hydroxyl groups is 1. The molecule has 1 aromatic rings. The Kier molecular flexibility index (Phi) is 4.50. The summed E-state index contributed by atoms with van der Waals surface area (Å²) in [5, 5.41) is 17.8. The van der Waals surface area contributed by atoms with E-state index in [9.17, 15) is 4.79 Å². The number of aliphatic hydroxyl groups excluding tert-OH is 1. The molecular formula is C13H18O3. The lowest BCUT2D eigenvalue weighted by molar-refractivity contribution is -0.138. The van der Waals surface area contributed by atoms with E-state index in [0.29, 0.717) is 0 Å². The molecule has 0 amide bonds. The Morgan fingerprint density at radius 3 is 2.25 bits per heavy atom. The van der Waals surface area contributed by atoms with Gasteiger partial charge in [-0.05, 0) is 30.4 Å². The number of aliphatic carboxylic acids is 1. The fourth-order valence-electron chi connectivity index (χ4n) is 1.55. The van der Waals surface area contributed by atoms with E-state index in [2.05, 4.69) is 0 Å². The smallest absolute Gasteiger partial charge is 0.310 e. The number of benzene rings is 1. The monoisotopic (exact) mass is 222 g/mol. The van der Waals surface area contributed by atoms with E-state index < -0.39 is 11.9 Å². The molecule has 16 heavy (non-hydrogen) atoms. The average molecular weight is 222 g/mol. The van der Waals surface area contributed by atoms with Gasteiger partial charge >= 0.3 is 5.97 Å². The summed E-state index contributed by atoms with van der Waals surface area (Å²) in [6.07, 6.45) is 0.818. The maximum atomic E-state index is 10.8. The van der Waals surface area contributed by atoms with Crippen molar-refractivity contribution in [3.05, 3.63) is 35.4 Å². The van der Waals surface area contributed by atoms with Gasteiger partial charge in [0.25, 0.3) is 0 Å². The van der Waals surface area contributed by atoms with Crippen LogP contribution >= 0.6 is 0 Å². The van der Waals surface area contributed by atoms with Crippen molar-refractivity contribution in [2.24, 2.45) is 5.92 Å². The molecule has 0 heterocycles. The SMILES string of the molecule is CC(CO)Cc1ccc(C(C)C(=O)O)cc1. The topological polar surface area (TPSA) is 57.5 Å². The molecule has 0 aliphatic carbocycles. The molecule has 2 atom stereocenters. The number of hydrogen-bond donors (Lipinski definition) is 2. The van der Waals surface area contributed by atoms with Crippen molar-refractivity contribution in [3.8, 4) is 0 Å². The number of hydrogen-bond acceptors (Lipinski definition) is 2. The fourth-order valence-corrected chi connectivity index (χ4v) is 1.55. The zero-order valence-corrected chi connectivity index (χ0v) is 9.68. The normalized spacial score (nSPS) is 14.4. The lowest BCUT2D eigenvalue weighted by Gasteiger charge is -2.10. The highest BCUT2D eigenvalue weighted by molar-refractivity contribution is 5.75. The van der Waals surface area contributed by atoms with Crippen molar-refractivity contribution in [2.45, 2.75) is 26.2 Å². The molecule has 3 heteroatoms. The molecule has 0 saturated heterocycles. The first kappa shape index (κ1) is 12.7. The fraction of sp³-hybridized carbons (Fsp3) is 0.462. The van der Waals surface area contributed by atoms with Gasteiger partial charge in [-0.15, -0.1) is 0 Å². The average Bonchev–Trinajstić information content (AvgIpc) is 2.28. The Bertz CT molecular complexity index is 343. The molecule has 1 aromatic carbocycles. The van der Waals surface area contributed by atoms with E-state index in [0.717, 1.165) is 17.5 Å². The van der Waals surface area contributed by atoms with Gasteiger partial charge in [0.15, 0.2) is 0 Å². The minimum absolute atomic E-state index is 0.174. The number of carboxylic acid groups (broad SMARTS) is 1. The second-order valence-corrected chi connectivity index (χ2v) is 4.29. The van der Waals surface area contributed by atoms with Crippen LogP contribution in [0.5, 0.6) is 0 Å². The predicted octanol–water partition coefficient (Wildman–Crippen LogP) is 2.05. The van der Waals surface area contributed by atoms with E-state index in [1.54, 1.807) is 6.92 Å². The molecule has 0 aliphatic heterocycles. The van der Waals surface area contributed by atoms with E-state index >= 15 is 0 Å². The van der Waals surface area contributed by atoms with E-state index in [1.165, 1.54) is 0 Å². The van der Waals surface area contributed by atoms with Gasteiger partial charge < -0.3 is 10.2 Å². The molecule has 2 unspecified atom stereocenters. The van der Waals surface area contributed by atoms with Crippen LogP contribution in [0.25, 0.3) is 0 Å². The summed E-state index contributed by atoms with van der Waals surface area (Å²) < 4.78 is 0. The molecule has 0 aromatic heterocycles. The van der Waals surface area contributed by atoms with Crippen molar-refractivity contribution in [1.82, 2.24) is 0 Å². The van der Waals surface area contributed by atoms with Crippen LogP contribution in [-0.2, 0) is 11.2 Å². The Balaban J connectivity index is 2.71. The maximum absolute atomic E-state index is 10.8. The van der Waals surface area contributed by atoms with Crippen LogP contribution in [-0.4, -0.2) is 22.8 Å². The molecule has 88 valence electrons. The highest BCUT2D eigenvalue weighted by atomic mass is 16.4. The minimum atomic E-state index is -0.809. The largest absolute Gasteiger partial charge is 0.481 e. The Morgan fingerprint density at radius 2 is 1.81 bits per heavy atom. The maximum Gasteiger partial charge on any atom is 0.310 e. The number of rotatable bonds is 5. The first-order chi connectivity index (χ1) is 7.54. The summed E-state index contributed by atoms with van der Waals surface area (Å²) >= 11 is 0. The van der Waals surface area contributed by atoms with Crippen LogP contribution in [0.2, 0.25) is 0 Å². The first-order valence-corrected chi connectivity index (χ1v) is 5.47. The summed E-state index contributed by atoms with van der Waals surface area (Å²) in [7, 11) is 0. The Hall–Kier alpha value is -1.35. The summed E-state index contributed by atoms with van der Waals surface area (Å²) in [5.74, 6) is -1.04. The predicted molar refractivity (Wildman–Crippen MR) is 62.4 cm³/mol. The summed E-state index contributed by atoms with van der Waals surface area (Å²) in [6, 6.07) is 7.55. The molecule has 3 nitrogen and oxygen atoms in total. The van der Waals surface area contributed by atoms with Crippen LogP contribution in [0.3, 0.4) is 0 Å². The Morgan fingerprint density at radius 1 is 1.25 bits per heavy atom. The van der Waals surface area contributed by atoms with Crippen LogP contribution in [0.1, 0.15) is 30.9 Å². The van der Waals surface area contributed by atoms with E-state index in [4.69, 9.17) is 10.2 Å². The van der Waals surface area contributed by atoms with Gasteiger partial charge in [0, 0.05) is 6.61 Å². The van der Waals surface area contributed by atoms with Crippen molar-refractivity contribution in [3.63, 3.8) is 0 Å². The molecule has 1 rings (SSSR count). The molecule has 2 N–H and O–H groups in total. The molecular weight excluding hydrogens is 204 g/mol. The number of carbonyl (C=O) groups is 1. The molecule has 0 fully saturated rings. The zero-order chi connectivity index (χ0) is 12.1. The van der Waals surface area contributed by atoms with Crippen molar-refractivity contribution < 1.29 is 15.0 Å². The van der Waals surface area contributed by atoms with E-state index in [1.807, 2.05) is 31.2 Å². The molecule has 0 aliphatic rings. The number of carboxylic acids is 1. The molecule has 0 spiro atoms. The molecule has 0 saturated carbocycles. The van der Waals surface area contributed by atoms with Gasteiger partial charge in [0.1, 0.15) is 0 Å². The lowest BCUT2D eigenvalue weighted by Crippen LogP contribution is -2.08. The third kappa shape index (κ3) is 3.35. The molecule has 0 bridgehead atoms. The van der Waals surface area contributed by atoms with Crippen LogP contribution in [0, 0.1) is 5.92 Å². The van der Waals surface area contributed by atoms with Gasteiger partial charge in [-0.3, -0.25) is 4.79 Å². The van der Waals surface area contributed by atoms with Crippen molar-refractivity contribution >= 4 is 5.97 Å². The second kappa shape index (κ2) is 5.66. The van der Waals surface area contributed by atoms with Gasteiger partial charge in [0.2, 0.25) is 0 Å². The summed E-state index contributed by atoms with van der Waals surface area (Å²) in [6.45, 7) is 3.83. The van der Waals surface area contributed by atoms with Gasteiger partial charge in [-0.2, -0.15) is 0 Å². The van der Waals surface area contributed by atoms with Gasteiger partial charge in [-0.1, -0.05) is 31.2 Å². The summed E-state index contributed by atoms with van der Waals surface area (Å²) in [5.41, 5.74) is 1.94. The first-order valence-electron chi connectivity index (χ1n) is 5.47. The van der Waals surface area contributed by atoms with Crippen LogP contribution in [0.4, 0.5) is 0 Å². The molecule has 0 radical (unpaired) electrons. The third-order valence-electron chi connectivity index (χ3n) is 2.75. The standard InChI is InChI=1S/C13H18O3/c1-9(8-14)7-11-3-5-12(6-4-11)10(2)13(15)16/h3-6,9-10,14H,7-8H2,1-2H3,(H,15,16). The quantitative estimate of drug-likeness (QED) is 0.801.